The summed E-state index contributed by atoms with van der Waals surface area (Å²) in [6, 6.07) is -0.521. The zero-order valence-corrected chi connectivity index (χ0v) is 16.6. The molecule has 144 valence electrons. The Morgan fingerprint density at radius 2 is 1.80 bits per heavy atom. The van der Waals surface area contributed by atoms with Crippen molar-refractivity contribution < 1.29 is 17.9 Å². The van der Waals surface area contributed by atoms with Crippen molar-refractivity contribution in [3.63, 3.8) is 0 Å². The van der Waals surface area contributed by atoms with E-state index in [1.54, 1.807) is 7.05 Å². The molecule has 0 aromatic heterocycles. The Balaban J connectivity index is 1.65. The molecule has 0 spiro atoms. The number of amides is 1. The Hall–Kier alpha value is -0.660. The second-order valence-corrected chi connectivity index (χ2v) is 11.3. The first-order chi connectivity index (χ1) is 11.5. The molecule has 2 aliphatic heterocycles. The van der Waals surface area contributed by atoms with E-state index in [2.05, 4.69) is 10.0 Å². The second kappa shape index (κ2) is 6.50. The van der Waals surface area contributed by atoms with Crippen LogP contribution < -0.4 is 10.0 Å². The van der Waals surface area contributed by atoms with Gasteiger partial charge in [0.1, 0.15) is 0 Å². The molecule has 3 atom stereocenters. The number of hydrogen-bond acceptors (Lipinski definition) is 5. The number of likely N-dealkylation sites (N-methyl/N-ethyl adjacent to an activating group) is 1. The standard InChI is InChI=1S/C18H32N2O4S/c1-17(2,3)10-15(19-4)16(21)20-25(22,23)11-18-8-12-5-13(9-18)7-14(6-12)24-18/h12-15,19H,5-11H2,1-4H3,(H,20,21). The van der Waals surface area contributed by atoms with Crippen LogP contribution in [0, 0.1) is 17.3 Å². The van der Waals surface area contributed by atoms with Gasteiger partial charge in [-0.3, -0.25) is 9.52 Å². The molecule has 0 aromatic rings. The number of hydrogen-bond donors (Lipinski definition) is 2. The third-order valence-electron chi connectivity index (χ3n) is 5.79. The van der Waals surface area contributed by atoms with Gasteiger partial charge in [-0.25, -0.2) is 8.42 Å². The first-order valence-corrected chi connectivity index (χ1v) is 11.0. The van der Waals surface area contributed by atoms with Crippen LogP contribution in [0.15, 0.2) is 0 Å². The summed E-state index contributed by atoms with van der Waals surface area (Å²) in [7, 11) is -2.03. The summed E-state index contributed by atoms with van der Waals surface area (Å²) in [5.74, 6) is 0.606. The molecule has 0 aromatic carbocycles. The van der Waals surface area contributed by atoms with Gasteiger partial charge in [-0.1, -0.05) is 20.8 Å². The molecule has 3 unspecified atom stereocenters. The van der Waals surface area contributed by atoms with Crippen molar-refractivity contribution in [2.45, 2.75) is 77.0 Å². The number of nitrogens with one attached hydrogen (secondary N) is 2. The third kappa shape index (κ3) is 4.55. The predicted molar refractivity (Wildman–Crippen MR) is 96.5 cm³/mol. The fraction of sp³-hybridized carbons (Fsp3) is 0.944. The number of carbonyl (C=O) groups excluding carboxylic acids is 1. The van der Waals surface area contributed by atoms with Crippen molar-refractivity contribution >= 4 is 15.9 Å². The molecular weight excluding hydrogens is 340 g/mol. The van der Waals surface area contributed by atoms with Gasteiger partial charge in [0.2, 0.25) is 10.0 Å². The van der Waals surface area contributed by atoms with E-state index in [9.17, 15) is 13.2 Å². The summed E-state index contributed by atoms with van der Waals surface area (Å²) < 4.78 is 33.8. The molecule has 2 N–H and O–H groups in total. The number of sulfonamides is 1. The highest BCUT2D eigenvalue weighted by Gasteiger charge is 2.53. The quantitative estimate of drug-likeness (QED) is 0.743. The van der Waals surface area contributed by atoms with Crippen molar-refractivity contribution in [1.82, 2.24) is 10.0 Å². The molecule has 6 nitrogen and oxygen atoms in total. The second-order valence-electron chi connectivity index (χ2n) is 9.60. The molecule has 0 radical (unpaired) electrons. The molecule has 1 amide bonds. The average Bonchev–Trinajstić information content (AvgIpc) is 2.40. The van der Waals surface area contributed by atoms with E-state index in [1.807, 2.05) is 20.8 Å². The maximum absolute atomic E-state index is 12.7. The molecule has 2 aliphatic carbocycles. The Kier molecular flexibility index (Phi) is 4.97. The van der Waals surface area contributed by atoms with Crippen LogP contribution in [0.1, 0.15) is 59.3 Å². The van der Waals surface area contributed by atoms with E-state index in [1.165, 1.54) is 6.42 Å². The highest BCUT2D eigenvalue weighted by atomic mass is 32.2. The van der Waals surface area contributed by atoms with Crippen molar-refractivity contribution in [3.05, 3.63) is 0 Å². The van der Waals surface area contributed by atoms with E-state index in [0.29, 0.717) is 18.3 Å². The average molecular weight is 373 g/mol. The minimum Gasteiger partial charge on any atom is -0.371 e. The van der Waals surface area contributed by atoms with Crippen molar-refractivity contribution in [2.75, 3.05) is 12.8 Å². The SMILES string of the molecule is CNC(CC(C)(C)C)C(=O)NS(=O)(=O)CC12CC3CC(CC(C3)O1)C2. The van der Waals surface area contributed by atoms with Gasteiger partial charge in [0.25, 0.3) is 5.91 Å². The van der Waals surface area contributed by atoms with Gasteiger partial charge >= 0.3 is 0 Å². The van der Waals surface area contributed by atoms with E-state index < -0.39 is 27.6 Å². The number of carbonyl (C=O) groups is 1. The van der Waals surface area contributed by atoms with E-state index in [0.717, 1.165) is 25.7 Å². The summed E-state index contributed by atoms with van der Waals surface area (Å²) in [4.78, 5) is 12.5. The fourth-order valence-corrected chi connectivity index (χ4v) is 6.73. The maximum atomic E-state index is 12.7. The molecule has 2 saturated heterocycles. The van der Waals surface area contributed by atoms with Crippen LogP contribution in [0.2, 0.25) is 0 Å². The summed E-state index contributed by atoms with van der Waals surface area (Å²) in [6.07, 6.45) is 5.75. The highest BCUT2D eigenvalue weighted by molar-refractivity contribution is 7.90. The first-order valence-electron chi connectivity index (χ1n) is 9.39. The zero-order valence-electron chi connectivity index (χ0n) is 15.8. The summed E-state index contributed by atoms with van der Waals surface area (Å²) >= 11 is 0. The molecule has 2 heterocycles. The maximum Gasteiger partial charge on any atom is 0.250 e. The van der Waals surface area contributed by atoms with Gasteiger partial charge in [-0.05, 0) is 62.8 Å². The van der Waals surface area contributed by atoms with Gasteiger partial charge in [-0.2, -0.15) is 0 Å². The van der Waals surface area contributed by atoms with Crippen LogP contribution in [-0.2, 0) is 19.6 Å². The van der Waals surface area contributed by atoms with Gasteiger partial charge in [0.15, 0.2) is 0 Å². The molecule has 4 fully saturated rings. The Morgan fingerprint density at radius 3 is 2.28 bits per heavy atom. The number of rotatable bonds is 6. The van der Waals surface area contributed by atoms with E-state index in [4.69, 9.17) is 4.74 Å². The summed E-state index contributed by atoms with van der Waals surface area (Å²) in [5.41, 5.74) is -0.655. The third-order valence-corrected chi connectivity index (χ3v) is 7.21. The minimum atomic E-state index is -3.72. The summed E-state index contributed by atoms with van der Waals surface area (Å²) in [6.45, 7) is 6.09. The summed E-state index contributed by atoms with van der Waals surface area (Å²) in [5, 5.41) is 2.93. The van der Waals surface area contributed by atoms with Crippen LogP contribution in [0.25, 0.3) is 0 Å². The van der Waals surface area contributed by atoms with Crippen molar-refractivity contribution in [2.24, 2.45) is 17.3 Å². The lowest BCUT2D eigenvalue weighted by Crippen LogP contribution is -2.59. The molecule has 7 heteroatoms. The Morgan fingerprint density at radius 1 is 1.20 bits per heavy atom. The molecule has 4 rings (SSSR count). The van der Waals surface area contributed by atoms with E-state index in [-0.39, 0.29) is 17.3 Å². The molecule has 25 heavy (non-hydrogen) atoms. The van der Waals surface area contributed by atoms with Crippen LogP contribution in [0.5, 0.6) is 0 Å². The van der Waals surface area contributed by atoms with Crippen molar-refractivity contribution in [1.29, 1.82) is 0 Å². The lowest BCUT2D eigenvalue weighted by atomic mass is 9.63. The monoisotopic (exact) mass is 372 g/mol. The molecule has 4 bridgehead atoms. The van der Waals surface area contributed by atoms with E-state index >= 15 is 0 Å². The Bertz CT molecular complexity index is 588. The first kappa shape index (κ1) is 19.1. The smallest absolute Gasteiger partial charge is 0.250 e. The highest BCUT2D eigenvalue weighted by Crippen LogP contribution is 2.53. The molecule has 2 saturated carbocycles. The minimum absolute atomic E-state index is 0.0716. The largest absolute Gasteiger partial charge is 0.371 e. The molecular formula is C18H32N2O4S. The van der Waals surface area contributed by atoms with Gasteiger partial charge < -0.3 is 10.1 Å². The van der Waals surface area contributed by atoms with Crippen LogP contribution in [0.4, 0.5) is 0 Å². The fourth-order valence-electron chi connectivity index (χ4n) is 5.22. The molecule has 4 aliphatic rings. The van der Waals surface area contributed by atoms with Crippen molar-refractivity contribution in [3.8, 4) is 0 Å². The van der Waals surface area contributed by atoms with Crippen LogP contribution in [-0.4, -0.2) is 44.9 Å². The number of ether oxygens (including phenoxy) is 1. The normalized spacial score (nSPS) is 35.6. The van der Waals surface area contributed by atoms with Crippen LogP contribution in [0.3, 0.4) is 0 Å². The zero-order chi connectivity index (χ0) is 18.5. The van der Waals surface area contributed by atoms with Crippen LogP contribution >= 0.6 is 0 Å². The lowest BCUT2D eigenvalue weighted by molar-refractivity contribution is -0.208. The van der Waals surface area contributed by atoms with Gasteiger partial charge in [0, 0.05) is 0 Å². The lowest BCUT2D eigenvalue weighted by Gasteiger charge is -2.56. The van der Waals surface area contributed by atoms with Gasteiger partial charge in [0.05, 0.1) is 23.5 Å². The predicted octanol–water partition coefficient (Wildman–Crippen LogP) is 1.80. The Labute approximate surface area is 151 Å². The van der Waals surface area contributed by atoms with Gasteiger partial charge in [-0.15, -0.1) is 0 Å². The topological polar surface area (TPSA) is 84.5 Å².